The Hall–Kier alpha value is -2.98. The summed E-state index contributed by atoms with van der Waals surface area (Å²) in [6.07, 6.45) is 0.726. The Balaban J connectivity index is 1.77. The quantitative estimate of drug-likeness (QED) is 0.284. The summed E-state index contributed by atoms with van der Waals surface area (Å²) in [5, 5.41) is 5.34. The van der Waals surface area contributed by atoms with Gasteiger partial charge in [-0.2, -0.15) is 4.98 Å². The van der Waals surface area contributed by atoms with Crippen LogP contribution < -0.4 is 11.2 Å². The van der Waals surface area contributed by atoms with E-state index < -0.39 is 5.56 Å². The second kappa shape index (κ2) is 9.48. The van der Waals surface area contributed by atoms with Gasteiger partial charge in [0.25, 0.3) is 5.56 Å². The molecule has 11 heteroatoms. The Morgan fingerprint density at radius 1 is 1.15 bits per heavy atom. The molecule has 0 radical (unpaired) electrons. The topological polar surface area (TPSA) is 109 Å². The number of thioether (sulfide) groups is 1. The first-order valence-electron chi connectivity index (χ1n) is 10.5. The van der Waals surface area contributed by atoms with E-state index in [1.807, 2.05) is 39.0 Å². The van der Waals surface area contributed by atoms with E-state index in [2.05, 4.69) is 20.1 Å². The van der Waals surface area contributed by atoms with Crippen molar-refractivity contribution in [2.75, 3.05) is 0 Å². The molecule has 4 aromatic rings. The van der Waals surface area contributed by atoms with Crippen LogP contribution in [0, 0.1) is 0 Å². The molecule has 0 aliphatic heterocycles. The highest BCUT2D eigenvalue weighted by Gasteiger charge is 2.21. The van der Waals surface area contributed by atoms with Crippen molar-refractivity contribution in [2.45, 2.75) is 50.4 Å². The Kier molecular flexibility index (Phi) is 6.66. The van der Waals surface area contributed by atoms with Crippen molar-refractivity contribution in [3.05, 3.63) is 61.8 Å². The number of hydrogen-bond donors (Lipinski definition) is 0. The van der Waals surface area contributed by atoms with Crippen LogP contribution in [-0.2, 0) is 19.3 Å². The summed E-state index contributed by atoms with van der Waals surface area (Å²) in [5.41, 5.74) is 0.210. The average Bonchev–Trinajstić information content (AvgIpc) is 3.27. The van der Waals surface area contributed by atoms with Crippen LogP contribution in [0.4, 0.5) is 0 Å². The zero-order valence-corrected chi connectivity index (χ0v) is 20.3. The third kappa shape index (κ3) is 4.45. The van der Waals surface area contributed by atoms with Crippen LogP contribution >= 0.6 is 23.4 Å². The van der Waals surface area contributed by atoms with Gasteiger partial charge in [0.1, 0.15) is 16.2 Å². The fourth-order valence-electron chi connectivity index (χ4n) is 3.34. The third-order valence-electron chi connectivity index (χ3n) is 5.04. The van der Waals surface area contributed by atoms with Crippen LogP contribution in [0.2, 0.25) is 5.02 Å². The molecule has 172 valence electrons. The zero-order chi connectivity index (χ0) is 23.7. The largest absolute Gasteiger partial charge is 0.338 e. The second-order valence-electron chi connectivity index (χ2n) is 7.82. The summed E-state index contributed by atoms with van der Waals surface area (Å²) >= 11 is 7.52. The first-order valence-corrected chi connectivity index (χ1v) is 11.9. The van der Waals surface area contributed by atoms with Gasteiger partial charge in [0.15, 0.2) is 5.65 Å². The summed E-state index contributed by atoms with van der Waals surface area (Å²) in [6, 6.07) is 7.24. The lowest BCUT2D eigenvalue weighted by Crippen LogP contribution is -2.39. The van der Waals surface area contributed by atoms with Crippen LogP contribution in [-0.4, -0.2) is 29.2 Å². The van der Waals surface area contributed by atoms with E-state index in [1.54, 1.807) is 6.07 Å². The molecule has 0 spiro atoms. The van der Waals surface area contributed by atoms with Gasteiger partial charge in [-0.15, -0.1) is 0 Å². The molecule has 1 aromatic carbocycles. The smallest absolute Gasteiger partial charge is 0.332 e. The van der Waals surface area contributed by atoms with Gasteiger partial charge >= 0.3 is 5.69 Å². The predicted molar refractivity (Wildman–Crippen MR) is 128 cm³/mol. The van der Waals surface area contributed by atoms with E-state index in [9.17, 15) is 9.59 Å². The highest BCUT2D eigenvalue weighted by Crippen LogP contribution is 2.29. The molecule has 0 saturated carbocycles. The average molecular weight is 487 g/mol. The minimum absolute atomic E-state index is 0.0122. The van der Waals surface area contributed by atoms with E-state index >= 15 is 0 Å². The lowest BCUT2D eigenvalue weighted by atomic mass is 10.2. The SMILES string of the molecule is CCCn1c(=O)n(C)c(=O)c2c(SCc3nc(-c4ccccc4Cl)no3)nc(C(C)C)nc21. The van der Waals surface area contributed by atoms with Crippen molar-refractivity contribution < 1.29 is 4.52 Å². The standard InChI is InChI=1S/C22H23ClN6O3S/c1-5-10-29-19-16(21(30)28(4)22(29)31)20(26-17(25-19)12(2)3)33-11-15-24-18(27-32-15)13-8-6-7-9-14(13)23/h6-9,12H,5,10-11H2,1-4H3. The second-order valence-corrected chi connectivity index (χ2v) is 9.19. The number of benzene rings is 1. The van der Waals surface area contributed by atoms with Gasteiger partial charge in [0.05, 0.1) is 10.8 Å². The first-order chi connectivity index (χ1) is 15.8. The molecular formula is C22H23ClN6O3S. The summed E-state index contributed by atoms with van der Waals surface area (Å²) in [7, 11) is 1.47. The van der Waals surface area contributed by atoms with Crippen LogP contribution in [0.5, 0.6) is 0 Å². The fourth-order valence-corrected chi connectivity index (χ4v) is 4.42. The molecule has 0 fully saturated rings. The van der Waals surface area contributed by atoms with Crippen LogP contribution in [0.15, 0.2) is 43.4 Å². The number of fused-ring (bicyclic) bond motifs is 1. The maximum Gasteiger partial charge on any atom is 0.332 e. The van der Waals surface area contributed by atoms with Crippen molar-refractivity contribution >= 4 is 34.4 Å². The van der Waals surface area contributed by atoms with Gasteiger partial charge in [-0.05, 0) is 18.6 Å². The van der Waals surface area contributed by atoms with Crippen molar-refractivity contribution in [1.82, 2.24) is 29.2 Å². The Morgan fingerprint density at radius 3 is 2.61 bits per heavy atom. The first kappa shape index (κ1) is 23.2. The molecule has 0 bridgehead atoms. The van der Waals surface area contributed by atoms with E-state index in [0.717, 1.165) is 11.0 Å². The maximum atomic E-state index is 13.0. The predicted octanol–water partition coefficient (Wildman–Crippen LogP) is 4.02. The summed E-state index contributed by atoms with van der Waals surface area (Å²) in [4.78, 5) is 39.4. The Labute approximate surface area is 198 Å². The molecule has 3 heterocycles. The van der Waals surface area contributed by atoms with Crippen molar-refractivity contribution in [2.24, 2.45) is 7.05 Å². The van der Waals surface area contributed by atoms with Gasteiger partial charge in [-0.3, -0.25) is 13.9 Å². The molecule has 3 aromatic heterocycles. The molecule has 9 nitrogen and oxygen atoms in total. The maximum absolute atomic E-state index is 13.0. The lowest BCUT2D eigenvalue weighted by Gasteiger charge is -2.14. The third-order valence-corrected chi connectivity index (χ3v) is 6.33. The molecule has 0 saturated heterocycles. The Morgan fingerprint density at radius 2 is 1.91 bits per heavy atom. The van der Waals surface area contributed by atoms with E-state index in [4.69, 9.17) is 16.1 Å². The van der Waals surface area contributed by atoms with Crippen LogP contribution in [0.3, 0.4) is 0 Å². The normalized spacial score (nSPS) is 11.6. The number of aromatic nitrogens is 6. The molecule has 0 aliphatic rings. The molecule has 0 aliphatic carbocycles. The molecule has 0 unspecified atom stereocenters. The number of aryl methyl sites for hydroxylation is 1. The minimum atomic E-state index is -0.428. The minimum Gasteiger partial charge on any atom is -0.338 e. The van der Waals surface area contributed by atoms with Crippen LogP contribution in [0.1, 0.15) is 44.8 Å². The summed E-state index contributed by atoms with van der Waals surface area (Å²) < 4.78 is 8.04. The molecule has 0 N–H and O–H groups in total. The number of rotatable bonds is 7. The molecular weight excluding hydrogens is 464 g/mol. The highest BCUT2D eigenvalue weighted by molar-refractivity contribution is 7.98. The van der Waals surface area contributed by atoms with Gasteiger partial charge in [0.2, 0.25) is 11.7 Å². The van der Waals surface area contributed by atoms with Crippen molar-refractivity contribution in [1.29, 1.82) is 0 Å². The number of halogens is 1. The van der Waals surface area contributed by atoms with Crippen molar-refractivity contribution in [3.8, 4) is 11.4 Å². The molecule has 33 heavy (non-hydrogen) atoms. The zero-order valence-electron chi connectivity index (χ0n) is 18.7. The van der Waals surface area contributed by atoms with E-state index in [-0.39, 0.29) is 17.4 Å². The number of hydrogen-bond acceptors (Lipinski definition) is 8. The highest BCUT2D eigenvalue weighted by atomic mass is 35.5. The molecule has 4 rings (SSSR count). The summed E-state index contributed by atoms with van der Waals surface area (Å²) in [5.74, 6) is 1.62. The van der Waals surface area contributed by atoms with Crippen LogP contribution in [0.25, 0.3) is 22.4 Å². The lowest BCUT2D eigenvalue weighted by molar-refractivity contribution is 0.391. The molecule has 0 amide bonds. The van der Waals surface area contributed by atoms with Gasteiger partial charge < -0.3 is 4.52 Å². The summed E-state index contributed by atoms with van der Waals surface area (Å²) in [6.45, 7) is 6.35. The fraction of sp³-hybridized carbons (Fsp3) is 0.364. The number of nitrogens with zero attached hydrogens (tertiary/aromatic N) is 6. The van der Waals surface area contributed by atoms with Gasteiger partial charge in [0, 0.05) is 25.1 Å². The monoisotopic (exact) mass is 486 g/mol. The van der Waals surface area contributed by atoms with Gasteiger partial charge in [-0.1, -0.05) is 61.4 Å². The molecule has 0 atom stereocenters. The van der Waals surface area contributed by atoms with E-state index in [1.165, 1.54) is 23.4 Å². The van der Waals surface area contributed by atoms with Gasteiger partial charge in [-0.25, -0.2) is 14.8 Å². The van der Waals surface area contributed by atoms with Crippen molar-refractivity contribution in [3.63, 3.8) is 0 Å². The Bertz CT molecular complexity index is 1440. The van der Waals surface area contributed by atoms with E-state index in [0.29, 0.717) is 50.7 Å².